The molecule has 2 aromatic carbocycles. The molecule has 0 aliphatic heterocycles. The van der Waals surface area contributed by atoms with Crippen molar-refractivity contribution in [3.63, 3.8) is 0 Å². The minimum absolute atomic E-state index is 0.568. The largest absolute Gasteiger partial charge is 0.303 e. The monoisotopic (exact) mass is 276 g/mol. The number of rotatable bonds is 5. The highest BCUT2D eigenvalue weighted by Gasteiger charge is 2.03. The fourth-order valence-electron chi connectivity index (χ4n) is 1.65. The maximum Gasteiger partial charge on any atom is 0.120 e. The molecular formula is C15H13ClOS. The minimum Gasteiger partial charge on any atom is -0.303 e. The van der Waals surface area contributed by atoms with Crippen LogP contribution >= 0.6 is 23.4 Å². The lowest BCUT2D eigenvalue weighted by molar-refractivity contribution is -0.107. The lowest BCUT2D eigenvalue weighted by Crippen LogP contribution is -1.89. The van der Waals surface area contributed by atoms with Gasteiger partial charge in [-0.25, -0.2) is 0 Å². The van der Waals surface area contributed by atoms with Gasteiger partial charge in [0.2, 0.25) is 0 Å². The number of carbonyl (C=O) groups is 1. The molecule has 0 saturated carbocycles. The van der Waals surface area contributed by atoms with E-state index in [1.165, 1.54) is 10.5 Å². The second-order valence-corrected chi connectivity index (χ2v) is 5.42. The van der Waals surface area contributed by atoms with Crippen LogP contribution in [-0.2, 0) is 11.2 Å². The lowest BCUT2D eigenvalue weighted by Gasteiger charge is -2.07. The lowest BCUT2D eigenvalue weighted by atomic mass is 10.1. The van der Waals surface area contributed by atoms with Crippen molar-refractivity contribution in [3.05, 3.63) is 59.1 Å². The van der Waals surface area contributed by atoms with E-state index in [0.717, 1.165) is 22.6 Å². The van der Waals surface area contributed by atoms with E-state index < -0.39 is 0 Å². The van der Waals surface area contributed by atoms with Gasteiger partial charge in [-0.1, -0.05) is 41.6 Å². The van der Waals surface area contributed by atoms with Crippen LogP contribution in [0.4, 0.5) is 0 Å². The summed E-state index contributed by atoms with van der Waals surface area (Å²) in [4.78, 5) is 12.8. The molecule has 0 N–H and O–H groups in total. The Labute approximate surface area is 116 Å². The molecule has 0 heterocycles. The smallest absolute Gasteiger partial charge is 0.120 e. The fraction of sp³-hybridized carbons (Fsp3) is 0.133. The van der Waals surface area contributed by atoms with E-state index in [-0.39, 0.29) is 0 Å². The van der Waals surface area contributed by atoms with Crippen LogP contribution in [0.25, 0.3) is 0 Å². The Morgan fingerprint density at radius 2 is 1.78 bits per heavy atom. The third kappa shape index (κ3) is 3.62. The van der Waals surface area contributed by atoms with Gasteiger partial charge in [-0.2, -0.15) is 0 Å². The molecule has 0 radical (unpaired) electrons. The third-order valence-electron chi connectivity index (χ3n) is 2.55. The molecule has 2 aromatic rings. The fourth-order valence-corrected chi connectivity index (χ4v) is 2.75. The Morgan fingerprint density at radius 3 is 2.50 bits per heavy atom. The second kappa shape index (κ2) is 6.62. The van der Waals surface area contributed by atoms with Crippen LogP contribution in [-0.4, -0.2) is 6.29 Å². The molecule has 0 unspecified atom stereocenters. The standard InChI is InChI=1S/C15H13ClOS/c16-13-7-9-14(10-8-13)18-15-6-2-1-4-12(15)5-3-11-17/h1-2,4,6-11H,3,5H2. The van der Waals surface area contributed by atoms with Gasteiger partial charge >= 0.3 is 0 Å². The molecule has 92 valence electrons. The quantitative estimate of drug-likeness (QED) is 0.741. The van der Waals surface area contributed by atoms with Gasteiger partial charge in [-0.05, 0) is 42.3 Å². The first-order chi connectivity index (χ1) is 8.79. The number of hydrogen-bond donors (Lipinski definition) is 0. The summed E-state index contributed by atoms with van der Waals surface area (Å²) in [5.41, 5.74) is 1.21. The number of carbonyl (C=O) groups excluding carboxylic acids is 1. The number of halogens is 1. The summed E-state index contributed by atoms with van der Waals surface area (Å²) in [6.07, 6.45) is 2.32. The Balaban J connectivity index is 2.17. The van der Waals surface area contributed by atoms with Crippen molar-refractivity contribution in [1.82, 2.24) is 0 Å². The van der Waals surface area contributed by atoms with Crippen molar-refractivity contribution < 1.29 is 4.79 Å². The molecule has 0 fully saturated rings. The number of benzene rings is 2. The topological polar surface area (TPSA) is 17.1 Å². The van der Waals surface area contributed by atoms with Crippen LogP contribution in [0.5, 0.6) is 0 Å². The Kier molecular flexibility index (Phi) is 4.85. The van der Waals surface area contributed by atoms with Crippen molar-refractivity contribution in [2.24, 2.45) is 0 Å². The van der Waals surface area contributed by atoms with E-state index in [0.29, 0.717) is 6.42 Å². The van der Waals surface area contributed by atoms with Crippen molar-refractivity contribution in [3.8, 4) is 0 Å². The Hall–Kier alpha value is -1.25. The van der Waals surface area contributed by atoms with Crippen LogP contribution in [0.15, 0.2) is 58.3 Å². The van der Waals surface area contributed by atoms with Crippen molar-refractivity contribution in [2.45, 2.75) is 22.6 Å². The normalized spacial score (nSPS) is 10.3. The van der Waals surface area contributed by atoms with E-state index in [9.17, 15) is 4.79 Å². The maximum absolute atomic E-state index is 10.5. The first-order valence-corrected chi connectivity index (χ1v) is 6.94. The van der Waals surface area contributed by atoms with E-state index in [4.69, 9.17) is 11.6 Å². The first-order valence-electron chi connectivity index (χ1n) is 5.74. The molecular weight excluding hydrogens is 264 g/mol. The number of aryl methyl sites for hydroxylation is 1. The van der Waals surface area contributed by atoms with Gasteiger partial charge in [0.15, 0.2) is 0 Å². The van der Waals surface area contributed by atoms with Crippen LogP contribution in [0, 0.1) is 0 Å². The van der Waals surface area contributed by atoms with E-state index >= 15 is 0 Å². The SMILES string of the molecule is O=CCCc1ccccc1Sc1ccc(Cl)cc1. The van der Waals surface area contributed by atoms with Crippen LogP contribution < -0.4 is 0 Å². The molecule has 0 saturated heterocycles. The van der Waals surface area contributed by atoms with Crippen molar-refractivity contribution in [2.75, 3.05) is 0 Å². The highest BCUT2D eigenvalue weighted by atomic mass is 35.5. The van der Waals surface area contributed by atoms with E-state index in [2.05, 4.69) is 12.1 Å². The number of hydrogen-bond acceptors (Lipinski definition) is 2. The molecule has 0 spiro atoms. The summed E-state index contributed by atoms with van der Waals surface area (Å²) in [5.74, 6) is 0. The first kappa shape index (κ1) is 13.2. The van der Waals surface area contributed by atoms with Gasteiger partial charge in [0.25, 0.3) is 0 Å². The minimum atomic E-state index is 0.568. The van der Waals surface area contributed by atoms with Gasteiger partial charge in [0.05, 0.1) is 0 Å². The van der Waals surface area contributed by atoms with Crippen LogP contribution in [0.2, 0.25) is 5.02 Å². The summed E-state index contributed by atoms with van der Waals surface area (Å²) in [7, 11) is 0. The molecule has 0 atom stereocenters. The molecule has 0 aromatic heterocycles. The van der Waals surface area contributed by atoms with Crippen LogP contribution in [0.1, 0.15) is 12.0 Å². The molecule has 0 bridgehead atoms. The second-order valence-electron chi connectivity index (χ2n) is 3.87. The maximum atomic E-state index is 10.5. The van der Waals surface area contributed by atoms with Crippen molar-refractivity contribution >= 4 is 29.6 Å². The van der Waals surface area contributed by atoms with Gasteiger partial charge in [0.1, 0.15) is 6.29 Å². The summed E-state index contributed by atoms with van der Waals surface area (Å²) >= 11 is 7.57. The predicted octanol–water partition coefficient (Wildman–Crippen LogP) is 4.62. The molecule has 1 nitrogen and oxygen atoms in total. The highest BCUT2D eigenvalue weighted by Crippen LogP contribution is 2.31. The van der Waals surface area contributed by atoms with Gasteiger partial charge in [0, 0.05) is 21.2 Å². The average Bonchev–Trinajstić information content (AvgIpc) is 2.40. The van der Waals surface area contributed by atoms with Crippen LogP contribution in [0.3, 0.4) is 0 Å². The molecule has 2 rings (SSSR count). The molecule has 0 amide bonds. The molecule has 18 heavy (non-hydrogen) atoms. The zero-order chi connectivity index (χ0) is 12.8. The van der Waals surface area contributed by atoms with E-state index in [1.807, 2.05) is 36.4 Å². The zero-order valence-corrected chi connectivity index (χ0v) is 11.4. The van der Waals surface area contributed by atoms with Gasteiger partial charge in [-0.15, -0.1) is 0 Å². The Morgan fingerprint density at radius 1 is 1.06 bits per heavy atom. The predicted molar refractivity (Wildman–Crippen MR) is 76.4 cm³/mol. The summed E-state index contributed by atoms with van der Waals surface area (Å²) in [6, 6.07) is 16.0. The number of aldehydes is 1. The third-order valence-corrected chi connectivity index (χ3v) is 3.92. The van der Waals surface area contributed by atoms with Crippen molar-refractivity contribution in [1.29, 1.82) is 0 Å². The summed E-state index contributed by atoms with van der Waals surface area (Å²) in [6.45, 7) is 0. The summed E-state index contributed by atoms with van der Waals surface area (Å²) < 4.78 is 0. The Bertz CT molecular complexity index is 522. The highest BCUT2D eigenvalue weighted by molar-refractivity contribution is 7.99. The van der Waals surface area contributed by atoms with Gasteiger partial charge < -0.3 is 4.79 Å². The molecule has 0 aliphatic carbocycles. The average molecular weight is 277 g/mol. The zero-order valence-electron chi connectivity index (χ0n) is 9.80. The molecule has 3 heteroatoms. The van der Waals surface area contributed by atoms with E-state index in [1.54, 1.807) is 11.8 Å². The van der Waals surface area contributed by atoms with Gasteiger partial charge in [-0.3, -0.25) is 0 Å². The molecule has 0 aliphatic rings. The summed E-state index contributed by atoms with van der Waals surface area (Å²) in [5, 5.41) is 0.744.